The summed E-state index contributed by atoms with van der Waals surface area (Å²) in [5.41, 5.74) is 5.11. The van der Waals surface area contributed by atoms with Crippen molar-refractivity contribution in [3.05, 3.63) is 104 Å². The van der Waals surface area contributed by atoms with Crippen molar-refractivity contribution in [2.75, 3.05) is 25.5 Å². The molecule has 5 aromatic rings. The van der Waals surface area contributed by atoms with Crippen molar-refractivity contribution in [1.82, 2.24) is 29.4 Å². The number of aromatic nitrogens is 5. The fraction of sp³-hybridized carbons (Fsp3) is 0.324. The van der Waals surface area contributed by atoms with Crippen LogP contribution in [0.3, 0.4) is 0 Å². The summed E-state index contributed by atoms with van der Waals surface area (Å²) in [4.78, 5) is 33.6. The Bertz CT molecular complexity index is 1950. The number of rotatable bonds is 5. The van der Waals surface area contributed by atoms with Crippen LogP contribution < -0.4 is 16.4 Å². The number of nitrogens with zero attached hydrogens (tertiary/aromatic N) is 6. The number of aryl methyl sites for hydroxylation is 1. The standard InChI is InChI=1S/C34H37N7O2/c1-21-26(8-7-9-30(21)41-32(42)27-12-11-25(34(2,3)4)16-24(27)19-36-41)28-17-29(33(43)40(6)38-28)37-31-13-10-22(18-35-31)23-14-15-39(5)20-23/h7-13,16-19,23H,14-15,20H2,1-6H3,(H,35,37). The molecule has 0 aliphatic carbocycles. The van der Waals surface area contributed by atoms with E-state index >= 15 is 0 Å². The molecule has 1 atom stereocenters. The first-order valence-corrected chi connectivity index (χ1v) is 14.6. The molecule has 1 N–H and O–H groups in total. The van der Waals surface area contributed by atoms with Crippen molar-refractivity contribution in [3.8, 4) is 16.9 Å². The van der Waals surface area contributed by atoms with Crippen LogP contribution in [0.1, 0.15) is 49.8 Å². The van der Waals surface area contributed by atoms with Crippen LogP contribution in [0, 0.1) is 6.92 Å². The molecular weight excluding hydrogens is 538 g/mol. The van der Waals surface area contributed by atoms with Crippen molar-refractivity contribution in [3.63, 3.8) is 0 Å². The predicted octanol–water partition coefficient (Wildman–Crippen LogP) is 5.31. The third-order valence-corrected chi connectivity index (χ3v) is 8.44. The fourth-order valence-corrected chi connectivity index (χ4v) is 5.81. The van der Waals surface area contributed by atoms with Crippen LogP contribution in [-0.4, -0.2) is 49.6 Å². The van der Waals surface area contributed by atoms with Gasteiger partial charge >= 0.3 is 0 Å². The number of anilines is 2. The number of nitrogens with one attached hydrogen (secondary N) is 1. The maximum Gasteiger partial charge on any atom is 0.290 e. The third-order valence-electron chi connectivity index (χ3n) is 8.44. The van der Waals surface area contributed by atoms with E-state index in [1.807, 2.05) is 55.6 Å². The summed E-state index contributed by atoms with van der Waals surface area (Å²) in [6, 6.07) is 17.3. The topological polar surface area (TPSA) is 97.9 Å². The lowest BCUT2D eigenvalue weighted by atomic mass is 9.86. The molecule has 0 bridgehead atoms. The summed E-state index contributed by atoms with van der Waals surface area (Å²) in [5.74, 6) is 1.07. The van der Waals surface area contributed by atoms with Crippen LogP contribution in [0.25, 0.3) is 27.7 Å². The van der Waals surface area contributed by atoms with E-state index < -0.39 is 0 Å². The molecule has 0 spiro atoms. The van der Waals surface area contributed by atoms with Crippen molar-refractivity contribution < 1.29 is 0 Å². The number of benzene rings is 2. The van der Waals surface area contributed by atoms with E-state index in [9.17, 15) is 9.59 Å². The zero-order chi connectivity index (χ0) is 30.5. The lowest BCUT2D eigenvalue weighted by Crippen LogP contribution is -2.23. The molecular formula is C34H37N7O2. The van der Waals surface area contributed by atoms with Crippen LogP contribution in [-0.2, 0) is 12.5 Å². The lowest BCUT2D eigenvalue weighted by Gasteiger charge is -2.19. The maximum atomic E-state index is 13.6. The van der Waals surface area contributed by atoms with Gasteiger partial charge < -0.3 is 10.2 Å². The molecule has 1 aliphatic rings. The van der Waals surface area contributed by atoms with Gasteiger partial charge in [0.15, 0.2) is 0 Å². The van der Waals surface area contributed by atoms with Gasteiger partial charge in [-0.05, 0) is 85.3 Å². The van der Waals surface area contributed by atoms with E-state index in [0.717, 1.165) is 41.6 Å². The van der Waals surface area contributed by atoms with Crippen molar-refractivity contribution >= 4 is 22.3 Å². The summed E-state index contributed by atoms with van der Waals surface area (Å²) >= 11 is 0. The van der Waals surface area contributed by atoms with Crippen LogP contribution in [0.5, 0.6) is 0 Å². The molecule has 3 aromatic heterocycles. The van der Waals surface area contributed by atoms with E-state index in [4.69, 9.17) is 0 Å². The average molecular weight is 576 g/mol. The zero-order valence-electron chi connectivity index (χ0n) is 25.5. The average Bonchev–Trinajstić information content (AvgIpc) is 3.42. The fourth-order valence-electron chi connectivity index (χ4n) is 5.81. The molecule has 1 saturated heterocycles. The molecule has 6 rings (SSSR count). The molecule has 1 aliphatic heterocycles. The van der Waals surface area contributed by atoms with Gasteiger partial charge in [-0.2, -0.15) is 14.9 Å². The molecule has 220 valence electrons. The van der Waals surface area contributed by atoms with Gasteiger partial charge in [-0.25, -0.2) is 9.67 Å². The molecule has 9 nitrogen and oxygen atoms in total. The third kappa shape index (κ3) is 5.48. The van der Waals surface area contributed by atoms with Crippen LogP contribution in [0.2, 0.25) is 0 Å². The highest BCUT2D eigenvalue weighted by Gasteiger charge is 2.22. The largest absolute Gasteiger partial charge is 0.336 e. The van der Waals surface area contributed by atoms with E-state index in [0.29, 0.717) is 34.2 Å². The maximum absolute atomic E-state index is 13.6. The Morgan fingerprint density at radius 2 is 1.77 bits per heavy atom. The number of fused-ring (bicyclic) bond motifs is 1. The van der Waals surface area contributed by atoms with Gasteiger partial charge in [-0.3, -0.25) is 9.59 Å². The Kier molecular flexibility index (Phi) is 7.22. The van der Waals surface area contributed by atoms with Gasteiger partial charge in [-0.15, -0.1) is 0 Å². The Hall–Kier alpha value is -4.63. The number of likely N-dealkylation sites (N-methyl/N-ethyl adjacent to an activating group) is 1. The first-order valence-electron chi connectivity index (χ1n) is 14.6. The van der Waals surface area contributed by atoms with E-state index in [1.54, 1.807) is 19.3 Å². The van der Waals surface area contributed by atoms with Crippen molar-refractivity contribution in [2.45, 2.75) is 45.4 Å². The smallest absolute Gasteiger partial charge is 0.290 e. The summed E-state index contributed by atoms with van der Waals surface area (Å²) in [6.07, 6.45) is 4.76. The van der Waals surface area contributed by atoms with Gasteiger partial charge in [0, 0.05) is 30.7 Å². The number of hydrogen-bond donors (Lipinski definition) is 1. The Labute approximate surface area is 250 Å². The quantitative estimate of drug-likeness (QED) is 0.303. The monoisotopic (exact) mass is 575 g/mol. The van der Waals surface area contributed by atoms with Gasteiger partial charge in [0.25, 0.3) is 11.1 Å². The molecule has 0 radical (unpaired) electrons. The number of hydrogen-bond acceptors (Lipinski definition) is 7. The molecule has 0 amide bonds. The molecule has 0 saturated carbocycles. The molecule has 43 heavy (non-hydrogen) atoms. The highest BCUT2D eigenvalue weighted by Crippen LogP contribution is 2.29. The Morgan fingerprint density at radius 1 is 0.953 bits per heavy atom. The minimum Gasteiger partial charge on any atom is -0.336 e. The molecule has 2 aromatic carbocycles. The minimum atomic E-state index is -0.261. The van der Waals surface area contributed by atoms with Gasteiger partial charge in [-0.1, -0.05) is 45.0 Å². The van der Waals surface area contributed by atoms with Crippen LogP contribution in [0.4, 0.5) is 11.5 Å². The highest BCUT2D eigenvalue weighted by atomic mass is 16.1. The van der Waals surface area contributed by atoms with E-state index in [-0.39, 0.29) is 16.5 Å². The molecule has 4 heterocycles. The zero-order valence-corrected chi connectivity index (χ0v) is 25.5. The second-order valence-corrected chi connectivity index (χ2v) is 12.6. The van der Waals surface area contributed by atoms with Gasteiger partial charge in [0.2, 0.25) is 0 Å². The number of pyridine rings is 1. The van der Waals surface area contributed by atoms with E-state index in [1.165, 1.54) is 14.9 Å². The summed E-state index contributed by atoms with van der Waals surface area (Å²) in [7, 11) is 3.76. The molecule has 1 fully saturated rings. The molecule has 9 heteroatoms. The van der Waals surface area contributed by atoms with Gasteiger partial charge in [0.1, 0.15) is 11.5 Å². The molecule has 1 unspecified atom stereocenters. The van der Waals surface area contributed by atoms with E-state index in [2.05, 4.69) is 59.3 Å². The Morgan fingerprint density at radius 3 is 2.47 bits per heavy atom. The van der Waals surface area contributed by atoms with Crippen molar-refractivity contribution in [1.29, 1.82) is 0 Å². The predicted molar refractivity (Wildman–Crippen MR) is 172 cm³/mol. The SMILES string of the molecule is Cc1c(-c2cc(Nc3ccc(C4CCN(C)C4)cn3)c(=O)n(C)n2)cccc1-n1ncc2cc(C(C)(C)C)ccc2c1=O. The summed E-state index contributed by atoms with van der Waals surface area (Å²) in [5, 5.41) is 13.7. The lowest BCUT2D eigenvalue weighted by molar-refractivity contribution is 0.411. The first-order chi connectivity index (χ1) is 20.5. The van der Waals surface area contributed by atoms with Gasteiger partial charge in [0.05, 0.1) is 23.0 Å². The number of likely N-dealkylation sites (tertiary alicyclic amines) is 1. The highest BCUT2D eigenvalue weighted by molar-refractivity contribution is 5.82. The summed E-state index contributed by atoms with van der Waals surface area (Å²) in [6.45, 7) is 10.5. The second-order valence-electron chi connectivity index (χ2n) is 12.6. The van der Waals surface area contributed by atoms with Crippen LogP contribution in [0.15, 0.2) is 76.6 Å². The summed E-state index contributed by atoms with van der Waals surface area (Å²) < 4.78 is 2.76. The van der Waals surface area contributed by atoms with Crippen molar-refractivity contribution in [2.24, 2.45) is 7.05 Å². The second kappa shape index (κ2) is 10.9. The first kappa shape index (κ1) is 28.5. The minimum absolute atomic E-state index is 0.0310. The van der Waals surface area contributed by atoms with Crippen LogP contribution >= 0.6 is 0 Å². The Balaban J connectivity index is 1.34. The normalized spacial score (nSPS) is 15.7.